The topological polar surface area (TPSA) is 47.0 Å². The zero-order valence-electron chi connectivity index (χ0n) is 6.66. The predicted octanol–water partition coefficient (Wildman–Crippen LogP) is -0.0623. The van der Waals surface area contributed by atoms with E-state index < -0.39 is 0 Å². The van der Waals surface area contributed by atoms with Crippen molar-refractivity contribution in [2.45, 2.75) is 6.10 Å². The van der Waals surface area contributed by atoms with Gasteiger partial charge in [0.15, 0.2) is 6.33 Å². The Labute approximate surface area is 71.0 Å². The van der Waals surface area contributed by atoms with Crippen LogP contribution in [0.2, 0.25) is 0 Å². The van der Waals surface area contributed by atoms with E-state index in [9.17, 15) is 0 Å². The van der Waals surface area contributed by atoms with Gasteiger partial charge in [0.05, 0.1) is 12.3 Å². The molecule has 1 aliphatic rings. The molecule has 4 nitrogen and oxygen atoms in total. The van der Waals surface area contributed by atoms with Gasteiger partial charge in [0.25, 0.3) is 0 Å². The van der Waals surface area contributed by atoms with Gasteiger partial charge in [-0.3, -0.25) is 0 Å². The highest BCUT2D eigenvalue weighted by molar-refractivity contribution is 5.03. The number of nitrogens with zero attached hydrogens (tertiary/aromatic N) is 2. The SMILES string of the molecule is [c]1nccc(C2CNCCO2)n1. The summed E-state index contributed by atoms with van der Waals surface area (Å²) < 4.78 is 5.49. The van der Waals surface area contributed by atoms with E-state index in [4.69, 9.17) is 4.74 Å². The maximum atomic E-state index is 5.49. The third-order valence-corrected chi connectivity index (χ3v) is 1.81. The summed E-state index contributed by atoms with van der Waals surface area (Å²) in [7, 11) is 0. The van der Waals surface area contributed by atoms with Crippen LogP contribution in [0.4, 0.5) is 0 Å². The number of hydrogen-bond donors (Lipinski definition) is 1. The fourth-order valence-corrected chi connectivity index (χ4v) is 1.21. The molecule has 1 N–H and O–H groups in total. The van der Waals surface area contributed by atoms with E-state index >= 15 is 0 Å². The largest absolute Gasteiger partial charge is 0.369 e. The summed E-state index contributed by atoms with van der Waals surface area (Å²) in [6.45, 7) is 2.49. The lowest BCUT2D eigenvalue weighted by Gasteiger charge is -2.22. The maximum Gasteiger partial charge on any atom is 0.198 e. The standard InChI is InChI=1S/C8H10N3O/c1-2-10-6-11-7(1)8-5-9-3-4-12-8/h1-2,8-9H,3-5H2. The van der Waals surface area contributed by atoms with E-state index in [0.29, 0.717) is 0 Å². The molecule has 0 spiro atoms. The van der Waals surface area contributed by atoms with Crippen molar-refractivity contribution in [1.29, 1.82) is 0 Å². The van der Waals surface area contributed by atoms with Crippen LogP contribution in [0.25, 0.3) is 0 Å². The molecule has 1 atom stereocenters. The van der Waals surface area contributed by atoms with Gasteiger partial charge in [-0.05, 0) is 6.07 Å². The third kappa shape index (κ3) is 1.60. The normalized spacial score (nSPS) is 23.8. The van der Waals surface area contributed by atoms with Gasteiger partial charge in [-0.1, -0.05) is 0 Å². The molecule has 0 aromatic carbocycles. The van der Waals surface area contributed by atoms with Crippen molar-refractivity contribution in [2.24, 2.45) is 0 Å². The number of rotatable bonds is 1. The van der Waals surface area contributed by atoms with E-state index in [0.717, 1.165) is 25.4 Å². The fourth-order valence-electron chi connectivity index (χ4n) is 1.21. The molecule has 4 heteroatoms. The van der Waals surface area contributed by atoms with Crippen LogP contribution < -0.4 is 5.32 Å². The molecule has 1 aromatic rings. The summed E-state index contributed by atoms with van der Waals surface area (Å²) in [4.78, 5) is 7.73. The average Bonchev–Trinajstić information content (AvgIpc) is 2.21. The van der Waals surface area contributed by atoms with Gasteiger partial charge in [-0.2, -0.15) is 0 Å². The molecule has 0 amide bonds. The monoisotopic (exact) mass is 164 g/mol. The van der Waals surface area contributed by atoms with Crippen LogP contribution in [0.3, 0.4) is 0 Å². The van der Waals surface area contributed by atoms with E-state index in [1.807, 2.05) is 6.07 Å². The number of ether oxygens (including phenoxy) is 1. The number of hydrogen-bond acceptors (Lipinski definition) is 4. The zero-order valence-corrected chi connectivity index (χ0v) is 6.66. The van der Waals surface area contributed by atoms with Crippen LogP contribution in [0.1, 0.15) is 11.8 Å². The van der Waals surface area contributed by atoms with E-state index in [2.05, 4.69) is 21.6 Å². The molecule has 1 saturated heterocycles. The Morgan fingerprint density at radius 2 is 2.67 bits per heavy atom. The summed E-state index contributed by atoms with van der Waals surface area (Å²) in [5.41, 5.74) is 0.900. The molecule has 2 heterocycles. The summed E-state index contributed by atoms with van der Waals surface area (Å²) in [5.74, 6) is 0. The predicted molar refractivity (Wildman–Crippen MR) is 42.4 cm³/mol. The highest BCUT2D eigenvalue weighted by atomic mass is 16.5. The molecule has 1 unspecified atom stereocenters. The Hall–Kier alpha value is -1.00. The highest BCUT2D eigenvalue weighted by Crippen LogP contribution is 2.14. The zero-order chi connectivity index (χ0) is 8.23. The molecule has 12 heavy (non-hydrogen) atoms. The van der Waals surface area contributed by atoms with E-state index in [1.54, 1.807) is 6.20 Å². The maximum absolute atomic E-state index is 5.49. The number of nitrogens with one attached hydrogen (secondary N) is 1. The van der Waals surface area contributed by atoms with Gasteiger partial charge >= 0.3 is 0 Å². The van der Waals surface area contributed by atoms with Crippen LogP contribution in [-0.2, 0) is 4.74 Å². The first kappa shape index (κ1) is 7.64. The van der Waals surface area contributed by atoms with Crippen molar-refractivity contribution in [3.8, 4) is 0 Å². The Bertz CT molecular complexity index is 233. The minimum atomic E-state index is 0.0676. The van der Waals surface area contributed by atoms with E-state index in [1.165, 1.54) is 0 Å². The minimum absolute atomic E-state index is 0.0676. The average molecular weight is 164 g/mol. The molecule has 1 aromatic heterocycles. The van der Waals surface area contributed by atoms with Crippen LogP contribution in [0.5, 0.6) is 0 Å². The van der Waals surface area contributed by atoms with Crippen molar-refractivity contribution in [3.63, 3.8) is 0 Å². The Morgan fingerprint density at radius 3 is 3.33 bits per heavy atom. The lowest BCUT2D eigenvalue weighted by atomic mass is 10.2. The summed E-state index contributed by atoms with van der Waals surface area (Å²) in [5, 5.41) is 3.23. The van der Waals surface area contributed by atoms with Crippen molar-refractivity contribution >= 4 is 0 Å². The molecule has 1 fully saturated rings. The van der Waals surface area contributed by atoms with Crippen LogP contribution >= 0.6 is 0 Å². The van der Waals surface area contributed by atoms with Crippen molar-refractivity contribution in [2.75, 3.05) is 19.7 Å². The van der Waals surface area contributed by atoms with Gasteiger partial charge in [-0.15, -0.1) is 0 Å². The molecular weight excluding hydrogens is 154 g/mol. The first-order valence-corrected chi connectivity index (χ1v) is 3.98. The van der Waals surface area contributed by atoms with Gasteiger partial charge in [0.1, 0.15) is 6.10 Å². The molecule has 0 bridgehead atoms. The van der Waals surface area contributed by atoms with Crippen molar-refractivity contribution in [1.82, 2.24) is 15.3 Å². The second-order valence-electron chi connectivity index (χ2n) is 2.65. The lowest BCUT2D eigenvalue weighted by Crippen LogP contribution is -2.33. The number of aromatic nitrogens is 2. The molecule has 1 radical (unpaired) electrons. The van der Waals surface area contributed by atoms with Crippen LogP contribution in [-0.4, -0.2) is 29.7 Å². The summed E-state index contributed by atoms with van der Waals surface area (Å²) in [6.07, 6.45) is 4.30. The molecular formula is C8H10N3O. The van der Waals surface area contributed by atoms with Gasteiger partial charge in [0, 0.05) is 19.3 Å². The molecule has 63 valence electrons. The Morgan fingerprint density at radius 1 is 1.67 bits per heavy atom. The Balaban J connectivity index is 2.08. The molecule has 2 rings (SSSR count). The second-order valence-corrected chi connectivity index (χ2v) is 2.65. The first-order chi connectivity index (χ1) is 5.97. The molecule has 0 saturated carbocycles. The smallest absolute Gasteiger partial charge is 0.198 e. The van der Waals surface area contributed by atoms with Gasteiger partial charge in [0.2, 0.25) is 0 Å². The van der Waals surface area contributed by atoms with Gasteiger partial charge in [-0.25, -0.2) is 9.97 Å². The quantitative estimate of drug-likeness (QED) is 0.631. The molecule has 0 aliphatic carbocycles. The van der Waals surface area contributed by atoms with Crippen molar-refractivity contribution < 1.29 is 4.74 Å². The second kappa shape index (κ2) is 3.60. The summed E-state index contributed by atoms with van der Waals surface area (Å²) in [6, 6.07) is 1.86. The van der Waals surface area contributed by atoms with Gasteiger partial charge < -0.3 is 10.1 Å². The third-order valence-electron chi connectivity index (χ3n) is 1.81. The minimum Gasteiger partial charge on any atom is -0.369 e. The lowest BCUT2D eigenvalue weighted by molar-refractivity contribution is 0.0249. The Kier molecular flexibility index (Phi) is 2.29. The van der Waals surface area contributed by atoms with Crippen LogP contribution in [0.15, 0.2) is 12.3 Å². The van der Waals surface area contributed by atoms with E-state index in [-0.39, 0.29) is 6.10 Å². The number of morpholine rings is 1. The first-order valence-electron chi connectivity index (χ1n) is 3.98. The van der Waals surface area contributed by atoms with Crippen molar-refractivity contribution in [3.05, 3.63) is 24.3 Å². The highest BCUT2D eigenvalue weighted by Gasteiger charge is 2.15. The fraction of sp³-hybridized carbons (Fsp3) is 0.500. The van der Waals surface area contributed by atoms with Crippen LogP contribution in [0, 0.1) is 6.33 Å². The molecule has 1 aliphatic heterocycles. The summed E-state index contributed by atoms with van der Waals surface area (Å²) >= 11 is 0.